The molecule has 1 aliphatic rings. The summed E-state index contributed by atoms with van der Waals surface area (Å²) in [7, 11) is 1.34. The molecule has 0 bridgehead atoms. The van der Waals surface area contributed by atoms with E-state index in [1.54, 1.807) is 4.90 Å². The molecule has 0 N–H and O–H groups in total. The summed E-state index contributed by atoms with van der Waals surface area (Å²) in [6.07, 6.45) is 5.21. The minimum absolute atomic E-state index is 0.0289. The largest absolute Gasteiger partial charge is 0.467 e. The van der Waals surface area contributed by atoms with Crippen molar-refractivity contribution >= 4 is 30.3 Å². The van der Waals surface area contributed by atoms with Gasteiger partial charge in [-0.15, -0.1) is 0 Å². The number of esters is 1. The van der Waals surface area contributed by atoms with Crippen molar-refractivity contribution in [2.45, 2.75) is 25.3 Å². The third kappa shape index (κ3) is 4.96. The molecule has 0 aliphatic carbocycles. The number of rotatable bonds is 6. The van der Waals surface area contributed by atoms with Gasteiger partial charge >= 0.3 is 5.97 Å². The second kappa shape index (κ2) is 9.27. The Kier molecular flexibility index (Phi) is 7.06. The highest BCUT2D eigenvalue weighted by Gasteiger charge is 2.24. The molecule has 0 radical (unpaired) electrons. The number of nitrogens with zero attached hydrogens (tertiary/aromatic N) is 2. The first-order valence-electron chi connectivity index (χ1n) is 7.90. The highest BCUT2D eigenvalue weighted by molar-refractivity contribution is 7.80. The zero-order valence-corrected chi connectivity index (χ0v) is 14.6. The normalized spacial score (nSPS) is 16.9. The fourth-order valence-electron chi connectivity index (χ4n) is 2.49. The molecule has 6 heteroatoms. The Morgan fingerprint density at radius 1 is 1.29 bits per heavy atom. The lowest BCUT2D eigenvalue weighted by molar-refractivity contribution is -0.142. The van der Waals surface area contributed by atoms with Crippen LogP contribution in [0.5, 0.6) is 0 Å². The average Bonchev–Trinajstić information content (AvgIpc) is 2.62. The molecule has 0 unspecified atom stereocenters. The first-order chi connectivity index (χ1) is 11.7. The van der Waals surface area contributed by atoms with Crippen molar-refractivity contribution in [2.75, 3.05) is 19.4 Å². The maximum atomic E-state index is 12.6. The van der Waals surface area contributed by atoms with Gasteiger partial charge < -0.3 is 4.74 Å². The van der Waals surface area contributed by atoms with Crippen LogP contribution < -0.4 is 0 Å². The molecule has 0 saturated carbocycles. The maximum Gasteiger partial charge on any atom is 0.330 e. The van der Waals surface area contributed by atoms with Crippen LogP contribution in [0.4, 0.5) is 0 Å². The Morgan fingerprint density at radius 2 is 2.04 bits per heavy atom. The molecule has 0 saturated heterocycles. The topological polar surface area (TPSA) is 59.0 Å². The summed E-state index contributed by atoms with van der Waals surface area (Å²) in [5, 5.41) is 0. The van der Waals surface area contributed by atoms with E-state index in [0.717, 1.165) is 5.56 Å². The van der Waals surface area contributed by atoms with E-state index >= 15 is 0 Å². The van der Waals surface area contributed by atoms with E-state index < -0.39 is 12.0 Å². The van der Waals surface area contributed by atoms with Crippen molar-refractivity contribution < 1.29 is 14.3 Å². The number of hydrogen-bond donors (Lipinski definition) is 1. The number of amidine groups is 1. The van der Waals surface area contributed by atoms with Gasteiger partial charge in [0.1, 0.15) is 11.9 Å². The number of amides is 1. The molecule has 0 fully saturated rings. The predicted molar refractivity (Wildman–Crippen MR) is 97.3 cm³/mol. The number of carbonyl (C=O) groups is 2. The van der Waals surface area contributed by atoms with E-state index in [0.29, 0.717) is 37.4 Å². The Bertz CT molecular complexity index is 628. The predicted octanol–water partition coefficient (Wildman–Crippen LogP) is 2.28. The summed E-state index contributed by atoms with van der Waals surface area (Å²) in [4.78, 5) is 30.6. The van der Waals surface area contributed by atoms with E-state index in [1.807, 2.05) is 42.5 Å². The third-order valence-corrected chi connectivity index (χ3v) is 4.00. The van der Waals surface area contributed by atoms with Crippen molar-refractivity contribution in [3.8, 4) is 0 Å². The van der Waals surface area contributed by atoms with E-state index in [9.17, 15) is 9.59 Å². The van der Waals surface area contributed by atoms with Gasteiger partial charge in [0.05, 0.1) is 13.5 Å². The van der Waals surface area contributed by atoms with Gasteiger partial charge in [-0.05, 0) is 17.7 Å². The molecule has 1 aliphatic heterocycles. The van der Waals surface area contributed by atoms with Crippen LogP contribution in [-0.2, 0) is 20.7 Å². The average molecular weight is 346 g/mol. The van der Waals surface area contributed by atoms with Gasteiger partial charge in [-0.3, -0.25) is 14.7 Å². The Balaban J connectivity index is 2.17. The quantitative estimate of drug-likeness (QED) is 0.488. The van der Waals surface area contributed by atoms with E-state index in [1.165, 1.54) is 7.11 Å². The van der Waals surface area contributed by atoms with E-state index in [2.05, 4.69) is 17.6 Å². The lowest BCUT2D eigenvalue weighted by Gasteiger charge is -2.26. The van der Waals surface area contributed by atoms with Crippen LogP contribution in [0.3, 0.4) is 0 Å². The molecule has 128 valence electrons. The van der Waals surface area contributed by atoms with Gasteiger partial charge in [0.2, 0.25) is 5.91 Å². The molecule has 1 heterocycles. The Morgan fingerprint density at radius 3 is 2.71 bits per heavy atom. The van der Waals surface area contributed by atoms with Gasteiger partial charge in [-0.2, -0.15) is 12.6 Å². The number of thiol groups is 1. The molecule has 1 aromatic rings. The summed E-state index contributed by atoms with van der Waals surface area (Å²) in [6, 6.07) is 8.96. The van der Waals surface area contributed by atoms with Crippen LogP contribution in [0.2, 0.25) is 0 Å². The number of aliphatic imine (C=N–C) groups is 1. The van der Waals surface area contributed by atoms with Crippen LogP contribution in [-0.4, -0.2) is 48.1 Å². The number of carbonyl (C=O) groups excluding carboxylic acids is 2. The zero-order chi connectivity index (χ0) is 17.4. The maximum absolute atomic E-state index is 12.6. The Hall–Kier alpha value is -2.08. The standard InChI is InChI=1S/C18H22N2O3S/c1-23-18(22)15(10-12-24)19-16-9-5-6-11-20(16)17(21)13-14-7-3-2-4-8-14/h2-8,15,24H,9-13H2,1H3/t15-/m0/s1. The molecule has 2 rings (SSSR count). The summed E-state index contributed by atoms with van der Waals surface area (Å²) in [6.45, 7) is 0.471. The molecule has 5 nitrogen and oxygen atoms in total. The van der Waals surface area contributed by atoms with Crippen molar-refractivity contribution in [1.29, 1.82) is 0 Å². The molecule has 1 atom stereocenters. The molecular weight excluding hydrogens is 324 g/mol. The molecule has 1 amide bonds. The zero-order valence-electron chi connectivity index (χ0n) is 13.7. The minimum atomic E-state index is -0.624. The summed E-state index contributed by atoms with van der Waals surface area (Å²) in [5.41, 5.74) is 0.955. The van der Waals surface area contributed by atoms with Crippen molar-refractivity contribution in [2.24, 2.45) is 4.99 Å². The number of hydrogen-bond acceptors (Lipinski definition) is 5. The Labute approximate surface area is 147 Å². The smallest absolute Gasteiger partial charge is 0.330 e. The van der Waals surface area contributed by atoms with Gasteiger partial charge in [0.25, 0.3) is 0 Å². The van der Waals surface area contributed by atoms with Crippen molar-refractivity contribution in [3.63, 3.8) is 0 Å². The fourth-order valence-corrected chi connectivity index (χ4v) is 2.74. The number of ether oxygens (including phenoxy) is 1. The SMILES string of the molecule is COC(=O)[C@H](CCS)N=C1CC=CCN1C(=O)Cc1ccccc1. The van der Waals surface area contributed by atoms with Gasteiger partial charge in [-0.25, -0.2) is 4.79 Å². The van der Waals surface area contributed by atoms with Crippen LogP contribution in [0.25, 0.3) is 0 Å². The number of benzene rings is 1. The van der Waals surface area contributed by atoms with Crippen LogP contribution in [0.15, 0.2) is 47.5 Å². The van der Waals surface area contributed by atoms with Crippen molar-refractivity contribution in [3.05, 3.63) is 48.0 Å². The first kappa shape index (κ1) is 18.3. The second-order valence-electron chi connectivity index (χ2n) is 5.44. The lowest BCUT2D eigenvalue weighted by Crippen LogP contribution is -2.41. The van der Waals surface area contributed by atoms with Gasteiger partial charge in [0.15, 0.2) is 0 Å². The van der Waals surface area contributed by atoms with Gasteiger partial charge in [-0.1, -0.05) is 42.5 Å². The van der Waals surface area contributed by atoms with E-state index in [-0.39, 0.29) is 5.91 Å². The molecule has 24 heavy (non-hydrogen) atoms. The minimum Gasteiger partial charge on any atom is -0.467 e. The summed E-state index contributed by atoms with van der Waals surface area (Å²) >= 11 is 4.17. The van der Waals surface area contributed by atoms with Crippen LogP contribution >= 0.6 is 12.6 Å². The second-order valence-corrected chi connectivity index (χ2v) is 5.89. The summed E-state index contributed by atoms with van der Waals surface area (Å²) < 4.78 is 4.80. The van der Waals surface area contributed by atoms with Crippen LogP contribution in [0.1, 0.15) is 18.4 Å². The summed E-state index contributed by atoms with van der Waals surface area (Å²) in [5.74, 6) is 0.695. The lowest BCUT2D eigenvalue weighted by atomic mass is 10.1. The van der Waals surface area contributed by atoms with Gasteiger partial charge in [0, 0.05) is 13.0 Å². The highest BCUT2D eigenvalue weighted by atomic mass is 32.1. The van der Waals surface area contributed by atoms with Crippen molar-refractivity contribution in [1.82, 2.24) is 4.90 Å². The van der Waals surface area contributed by atoms with Crippen LogP contribution in [0, 0.1) is 0 Å². The first-order valence-corrected chi connectivity index (χ1v) is 8.53. The highest BCUT2D eigenvalue weighted by Crippen LogP contribution is 2.13. The molecule has 1 aromatic carbocycles. The molecular formula is C18H22N2O3S. The number of methoxy groups -OCH3 is 1. The third-order valence-electron chi connectivity index (χ3n) is 3.75. The fraction of sp³-hybridized carbons (Fsp3) is 0.389. The molecule has 0 aromatic heterocycles. The monoisotopic (exact) mass is 346 g/mol. The molecule has 0 spiro atoms. The van der Waals surface area contributed by atoms with E-state index in [4.69, 9.17) is 4.74 Å².